The van der Waals surface area contributed by atoms with Gasteiger partial charge in [0.15, 0.2) is 5.69 Å². The maximum atomic E-state index is 5.82. The number of benzene rings is 2. The Morgan fingerprint density at radius 1 is 1.07 bits per heavy atom. The van der Waals surface area contributed by atoms with Gasteiger partial charge in [-0.3, -0.25) is 5.84 Å². The number of nitrogens with one attached hydrogen (secondary N) is 1. The van der Waals surface area contributed by atoms with Crippen LogP contribution in [0.2, 0.25) is 0 Å². The predicted molar refractivity (Wildman–Crippen MR) is 57.7 cm³/mol. The zero-order valence-electron chi connectivity index (χ0n) is 7.57. The van der Waals surface area contributed by atoms with Crippen molar-refractivity contribution in [2.75, 3.05) is 5.32 Å². The lowest BCUT2D eigenvalue weighted by molar-refractivity contribution is -0.446. The zero-order chi connectivity index (χ0) is 9.54. The SMILES string of the molecule is N[N+]1=CNc2cccc3cccc1c23. The number of anilines is 1. The van der Waals surface area contributed by atoms with E-state index < -0.39 is 0 Å². The molecule has 3 N–H and O–H groups in total. The smallest absolute Gasteiger partial charge is 0.265 e. The molecule has 0 amide bonds. The van der Waals surface area contributed by atoms with Crippen LogP contribution in [0.4, 0.5) is 11.4 Å². The average molecular weight is 184 g/mol. The summed E-state index contributed by atoms with van der Waals surface area (Å²) in [5.74, 6) is 5.82. The van der Waals surface area contributed by atoms with Gasteiger partial charge in [-0.05, 0) is 17.5 Å². The van der Waals surface area contributed by atoms with Crippen LogP contribution in [0, 0.1) is 0 Å². The third-order valence-corrected chi connectivity index (χ3v) is 2.52. The average Bonchev–Trinajstić information content (AvgIpc) is 2.24. The van der Waals surface area contributed by atoms with E-state index in [1.807, 2.05) is 18.2 Å². The van der Waals surface area contributed by atoms with Gasteiger partial charge in [0, 0.05) is 0 Å². The van der Waals surface area contributed by atoms with Crippen molar-refractivity contribution in [3.63, 3.8) is 0 Å². The van der Waals surface area contributed by atoms with Gasteiger partial charge in [0.1, 0.15) is 5.69 Å². The number of hydrazone groups is 1. The molecule has 0 radical (unpaired) electrons. The summed E-state index contributed by atoms with van der Waals surface area (Å²) in [6.45, 7) is 0. The van der Waals surface area contributed by atoms with Crippen LogP contribution >= 0.6 is 0 Å². The summed E-state index contributed by atoms with van der Waals surface area (Å²) in [6, 6.07) is 12.3. The lowest BCUT2D eigenvalue weighted by Gasteiger charge is -2.11. The van der Waals surface area contributed by atoms with Gasteiger partial charge < -0.3 is 0 Å². The molecule has 1 aliphatic heterocycles. The van der Waals surface area contributed by atoms with Crippen molar-refractivity contribution in [2.45, 2.75) is 0 Å². The molecule has 0 atom stereocenters. The maximum absolute atomic E-state index is 5.82. The lowest BCUT2D eigenvalue weighted by atomic mass is 10.1. The van der Waals surface area contributed by atoms with Crippen LogP contribution in [0.15, 0.2) is 36.4 Å². The quantitative estimate of drug-likeness (QED) is 0.484. The highest BCUT2D eigenvalue weighted by molar-refractivity contribution is 6.05. The molecule has 3 nitrogen and oxygen atoms in total. The van der Waals surface area contributed by atoms with Crippen molar-refractivity contribution >= 4 is 28.5 Å². The standard InChI is InChI=1S/C11H9N3/c12-14-7-13-9-5-1-3-8-4-2-6-10(14)11(8)9/h1-7H,12H2/p+1. The van der Waals surface area contributed by atoms with E-state index in [0.29, 0.717) is 0 Å². The summed E-state index contributed by atoms with van der Waals surface area (Å²) >= 11 is 0. The molecule has 14 heavy (non-hydrogen) atoms. The first-order chi connectivity index (χ1) is 6.86. The Kier molecular flexibility index (Phi) is 1.31. The van der Waals surface area contributed by atoms with Crippen LogP contribution in [0.25, 0.3) is 10.8 Å². The fourth-order valence-corrected chi connectivity index (χ4v) is 1.87. The molecule has 68 valence electrons. The van der Waals surface area contributed by atoms with Gasteiger partial charge in [-0.1, -0.05) is 24.3 Å². The Morgan fingerprint density at radius 2 is 1.86 bits per heavy atom. The molecule has 1 heterocycles. The molecule has 0 bridgehead atoms. The van der Waals surface area contributed by atoms with E-state index in [-0.39, 0.29) is 0 Å². The summed E-state index contributed by atoms with van der Waals surface area (Å²) in [7, 11) is 0. The minimum atomic E-state index is 1.04. The molecule has 2 aromatic carbocycles. The molecule has 3 rings (SSSR count). The molecule has 0 saturated heterocycles. The summed E-state index contributed by atoms with van der Waals surface area (Å²) in [5.41, 5.74) is 2.15. The van der Waals surface area contributed by atoms with Gasteiger partial charge in [-0.15, -0.1) is 4.68 Å². The minimum Gasteiger partial charge on any atom is -0.269 e. The second-order valence-corrected chi connectivity index (χ2v) is 3.36. The molecule has 0 aromatic heterocycles. The Morgan fingerprint density at radius 3 is 2.71 bits per heavy atom. The van der Waals surface area contributed by atoms with Crippen molar-refractivity contribution in [3.8, 4) is 0 Å². The fraction of sp³-hybridized carbons (Fsp3) is 0. The van der Waals surface area contributed by atoms with E-state index in [1.165, 1.54) is 10.8 Å². The molecule has 1 aliphatic rings. The van der Waals surface area contributed by atoms with E-state index in [4.69, 9.17) is 5.84 Å². The minimum absolute atomic E-state index is 1.04. The van der Waals surface area contributed by atoms with Gasteiger partial charge in [0.05, 0.1) is 5.39 Å². The maximum Gasteiger partial charge on any atom is 0.265 e. The lowest BCUT2D eigenvalue weighted by Crippen LogP contribution is -2.22. The van der Waals surface area contributed by atoms with Crippen molar-refractivity contribution in [3.05, 3.63) is 36.4 Å². The van der Waals surface area contributed by atoms with E-state index >= 15 is 0 Å². The predicted octanol–water partition coefficient (Wildman–Crippen LogP) is 1.81. The Balaban J connectivity index is 2.52. The summed E-state index contributed by atoms with van der Waals surface area (Å²) in [5, 5.41) is 5.54. The van der Waals surface area contributed by atoms with Gasteiger partial charge in [-0.2, -0.15) is 0 Å². The first-order valence-electron chi connectivity index (χ1n) is 4.52. The molecular weight excluding hydrogens is 174 g/mol. The molecule has 0 fully saturated rings. The first kappa shape index (κ1) is 7.38. The van der Waals surface area contributed by atoms with Crippen LogP contribution in [-0.2, 0) is 0 Å². The van der Waals surface area contributed by atoms with Gasteiger partial charge in [0.2, 0.25) is 0 Å². The summed E-state index contributed by atoms with van der Waals surface area (Å²) in [6.07, 6.45) is 1.76. The highest BCUT2D eigenvalue weighted by Gasteiger charge is 2.16. The molecule has 2 aromatic rings. The van der Waals surface area contributed by atoms with E-state index in [1.54, 1.807) is 11.0 Å². The molecule has 0 spiro atoms. The molecule has 3 heteroatoms. The molecule has 0 unspecified atom stereocenters. The van der Waals surface area contributed by atoms with Crippen molar-refractivity contribution in [1.29, 1.82) is 0 Å². The molecule has 0 aliphatic carbocycles. The molecule has 0 saturated carbocycles. The zero-order valence-corrected chi connectivity index (χ0v) is 7.57. The van der Waals surface area contributed by atoms with Crippen LogP contribution in [0.1, 0.15) is 0 Å². The third-order valence-electron chi connectivity index (χ3n) is 2.52. The number of nitrogens with zero attached hydrogens (tertiary/aromatic N) is 1. The van der Waals surface area contributed by atoms with Crippen LogP contribution in [0.5, 0.6) is 0 Å². The second-order valence-electron chi connectivity index (χ2n) is 3.36. The van der Waals surface area contributed by atoms with E-state index in [9.17, 15) is 0 Å². The van der Waals surface area contributed by atoms with Gasteiger partial charge in [0.25, 0.3) is 6.34 Å². The molecular formula is C11H10N3+. The second kappa shape index (κ2) is 2.48. The number of hydrogen-bond donors (Lipinski definition) is 2. The number of hydrazine groups is 1. The highest BCUT2D eigenvalue weighted by atomic mass is 15.3. The fourth-order valence-electron chi connectivity index (χ4n) is 1.87. The Hall–Kier alpha value is -2.03. The topological polar surface area (TPSA) is 41.1 Å². The van der Waals surface area contributed by atoms with Crippen molar-refractivity contribution in [1.82, 2.24) is 0 Å². The van der Waals surface area contributed by atoms with Gasteiger partial charge in [-0.25, -0.2) is 5.32 Å². The van der Waals surface area contributed by atoms with Crippen molar-refractivity contribution < 1.29 is 4.68 Å². The van der Waals surface area contributed by atoms with Crippen LogP contribution in [-0.4, -0.2) is 11.0 Å². The third kappa shape index (κ3) is 0.836. The van der Waals surface area contributed by atoms with Crippen LogP contribution < -0.4 is 11.2 Å². The largest absolute Gasteiger partial charge is 0.269 e. The number of rotatable bonds is 0. The summed E-state index contributed by atoms with van der Waals surface area (Å²) < 4.78 is 1.61. The Labute approximate surface area is 81.4 Å². The van der Waals surface area contributed by atoms with E-state index in [2.05, 4.69) is 23.5 Å². The highest BCUT2D eigenvalue weighted by Crippen LogP contribution is 2.32. The first-order valence-corrected chi connectivity index (χ1v) is 4.52. The van der Waals surface area contributed by atoms with Gasteiger partial charge >= 0.3 is 0 Å². The van der Waals surface area contributed by atoms with Crippen LogP contribution in [0.3, 0.4) is 0 Å². The number of hydrogen-bond acceptors (Lipinski definition) is 2. The summed E-state index contributed by atoms with van der Waals surface area (Å²) in [4.78, 5) is 0. The normalized spacial score (nSPS) is 13.6. The number of nitrogens with two attached hydrogens (primary N) is 1. The van der Waals surface area contributed by atoms with Crippen molar-refractivity contribution in [2.24, 2.45) is 5.84 Å². The van der Waals surface area contributed by atoms with E-state index in [0.717, 1.165) is 11.4 Å². The monoisotopic (exact) mass is 184 g/mol. The Bertz CT molecular complexity index is 538.